The standard InChI is InChI=1S/C14H22O2/c1-7-11-10(3)12(15)8-9(2)13(11)16-14(4,5)6/h8,15H,7H2,1-6H3. The molecule has 1 N–H and O–H groups in total. The van der Waals surface area contributed by atoms with E-state index in [9.17, 15) is 5.11 Å². The van der Waals surface area contributed by atoms with Gasteiger partial charge in [-0.05, 0) is 58.2 Å². The van der Waals surface area contributed by atoms with Gasteiger partial charge in [-0.15, -0.1) is 0 Å². The third kappa shape index (κ3) is 2.69. The van der Waals surface area contributed by atoms with Crippen molar-refractivity contribution >= 4 is 0 Å². The van der Waals surface area contributed by atoms with Crippen molar-refractivity contribution in [1.29, 1.82) is 0 Å². The number of aromatic hydroxyl groups is 1. The van der Waals surface area contributed by atoms with Crippen molar-refractivity contribution in [3.05, 3.63) is 22.8 Å². The maximum atomic E-state index is 9.78. The van der Waals surface area contributed by atoms with Crippen LogP contribution in [0.2, 0.25) is 0 Å². The van der Waals surface area contributed by atoms with Crippen LogP contribution in [0.15, 0.2) is 6.07 Å². The highest BCUT2D eigenvalue weighted by atomic mass is 16.5. The zero-order valence-corrected chi connectivity index (χ0v) is 11.1. The van der Waals surface area contributed by atoms with Crippen molar-refractivity contribution < 1.29 is 9.84 Å². The van der Waals surface area contributed by atoms with E-state index >= 15 is 0 Å². The van der Waals surface area contributed by atoms with E-state index in [1.807, 2.05) is 34.6 Å². The first-order valence-corrected chi connectivity index (χ1v) is 5.77. The monoisotopic (exact) mass is 222 g/mol. The van der Waals surface area contributed by atoms with E-state index in [0.717, 1.165) is 28.9 Å². The molecule has 0 aliphatic heterocycles. The lowest BCUT2D eigenvalue weighted by Gasteiger charge is -2.25. The fourth-order valence-electron chi connectivity index (χ4n) is 1.82. The fraction of sp³-hybridized carbons (Fsp3) is 0.571. The van der Waals surface area contributed by atoms with E-state index in [1.54, 1.807) is 6.07 Å². The summed E-state index contributed by atoms with van der Waals surface area (Å²) in [5.74, 6) is 1.28. The van der Waals surface area contributed by atoms with Crippen LogP contribution in [0.3, 0.4) is 0 Å². The van der Waals surface area contributed by atoms with E-state index in [2.05, 4.69) is 6.92 Å². The molecule has 0 unspecified atom stereocenters. The Morgan fingerprint density at radius 3 is 2.25 bits per heavy atom. The van der Waals surface area contributed by atoms with Crippen molar-refractivity contribution in [2.45, 2.75) is 53.6 Å². The molecule has 0 heterocycles. The Morgan fingerprint density at radius 2 is 1.81 bits per heavy atom. The number of phenols is 1. The number of aryl methyl sites for hydroxylation is 1. The Morgan fingerprint density at radius 1 is 1.25 bits per heavy atom. The second-order valence-electron chi connectivity index (χ2n) is 5.21. The van der Waals surface area contributed by atoms with Crippen LogP contribution in [0.5, 0.6) is 11.5 Å². The van der Waals surface area contributed by atoms with E-state index < -0.39 is 0 Å². The van der Waals surface area contributed by atoms with Crippen LogP contribution in [0.1, 0.15) is 44.4 Å². The lowest BCUT2D eigenvalue weighted by atomic mass is 10.00. The molecule has 0 aromatic heterocycles. The molecule has 90 valence electrons. The minimum Gasteiger partial charge on any atom is -0.508 e. The minimum absolute atomic E-state index is 0.210. The summed E-state index contributed by atoms with van der Waals surface area (Å²) in [7, 11) is 0. The number of ether oxygens (including phenoxy) is 1. The summed E-state index contributed by atoms with van der Waals surface area (Å²) in [5, 5.41) is 9.78. The molecular formula is C14H22O2. The van der Waals surface area contributed by atoms with Crippen molar-refractivity contribution in [3.63, 3.8) is 0 Å². The summed E-state index contributed by atoms with van der Waals surface area (Å²) in [4.78, 5) is 0. The minimum atomic E-state index is -0.210. The second-order valence-corrected chi connectivity index (χ2v) is 5.21. The van der Waals surface area contributed by atoms with Crippen LogP contribution < -0.4 is 4.74 Å². The molecule has 1 rings (SSSR count). The molecule has 0 spiro atoms. The van der Waals surface area contributed by atoms with Gasteiger partial charge in [0.1, 0.15) is 17.1 Å². The molecule has 1 aromatic rings. The first kappa shape index (κ1) is 12.9. The maximum absolute atomic E-state index is 9.78. The molecule has 0 bridgehead atoms. The number of hydrogen-bond donors (Lipinski definition) is 1. The predicted octanol–water partition coefficient (Wildman–Crippen LogP) is 3.75. The third-order valence-electron chi connectivity index (χ3n) is 2.58. The molecule has 16 heavy (non-hydrogen) atoms. The first-order chi connectivity index (χ1) is 7.26. The lowest BCUT2D eigenvalue weighted by Crippen LogP contribution is -2.24. The van der Waals surface area contributed by atoms with Crippen molar-refractivity contribution in [3.8, 4) is 11.5 Å². The third-order valence-corrected chi connectivity index (χ3v) is 2.58. The zero-order chi connectivity index (χ0) is 12.5. The summed E-state index contributed by atoms with van der Waals surface area (Å²) < 4.78 is 5.98. The molecule has 0 amide bonds. The Bertz CT molecular complexity index is 387. The molecule has 0 saturated heterocycles. The quantitative estimate of drug-likeness (QED) is 0.825. The smallest absolute Gasteiger partial charge is 0.126 e. The second kappa shape index (κ2) is 4.36. The van der Waals surface area contributed by atoms with Gasteiger partial charge in [0.2, 0.25) is 0 Å². The van der Waals surface area contributed by atoms with E-state index in [0.29, 0.717) is 5.75 Å². The van der Waals surface area contributed by atoms with Gasteiger partial charge in [0, 0.05) is 5.56 Å². The molecule has 0 radical (unpaired) electrons. The van der Waals surface area contributed by atoms with E-state index in [4.69, 9.17) is 4.74 Å². The highest BCUT2D eigenvalue weighted by molar-refractivity contribution is 5.52. The molecule has 0 aliphatic carbocycles. The molecule has 2 nitrogen and oxygen atoms in total. The first-order valence-electron chi connectivity index (χ1n) is 5.77. The summed E-state index contributed by atoms with van der Waals surface area (Å²) in [5.41, 5.74) is 2.81. The summed E-state index contributed by atoms with van der Waals surface area (Å²) >= 11 is 0. The molecule has 0 saturated carbocycles. The number of rotatable bonds is 2. The Hall–Kier alpha value is -1.18. The summed E-state index contributed by atoms with van der Waals surface area (Å²) in [6.45, 7) is 12.1. The topological polar surface area (TPSA) is 29.5 Å². The zero-order valence-electron chi connectivity index (χ0n) is 11.1. The number of benzene rings is 1. The van der Waals surface area contributed by atoms with Crippen LogP contribution in [0.25, 0.3) is 0 Å². The summed E-state index contributed by atoms with van der Waals surface area (Å²) in [6.07, 6.45) is 0.868. The SMILES string of the molecule is CCc1c(C)c(O)cc(C)c1OC(C)(C)C. The van der Waals surface area contributed by atoms with Crippen molar-refractivity contribution in [2.75, 3.05) is 0 Å². The van der Waals surface area contributed by atoms with Crippen molar-refractivity contribution in [2.24, 2.45) is 0 Å². The fourth-order valence-corrected chi connectivity index (χ4v) is 1.82. The average molecular weight is 222 g/mol. The van der Waals surface area contributed by atoms with Gasteiger partial charge in [0.05, 0.1) is 0 Å². The average Bonchev–Trinajstić information content (AvgIpc) is 2.13. The van der Waals surface area contributed by atoms with E-state index in [1.165, 1.54) is 0 Å². The highest BCUT2D eigenvalue weighted by Crippen LogP contribution is 2.35. The van der Waals surface area contributed by atoms with Gasteiger partial charge in [0.25, 0.3) is 0 Å². The Balaban J connectivity index is 3.32. The maximum Gasteiger partial charge on any atom is 0.126 e. The van der Waals surface area contributed by atoms with Gasteiger partial charge in [-0.1, -0.05) is 6.92 Å². The van der Waals surface area contributed by atoms with Crippen LogP contribution in [-0.2, 0) is 6.42 Å². The number of phenolic OH excluding ortho intramolecular Hbond substituents is 1. The summed E-state index contributed by atoms with van der Waals surface area (Å²) in [6, 6.07) is 1.77. The predicted molar refractivity (Wildman–Crippen MR) is 67.3 cm³/mol. The van der Waals surface area contributed by atoms with Gasteiger partial charge < -0.3 is 9.84 Å². The van der Waals surface area contributed by atoms with Crippen molar-refractivity contribution in [1.82, 2.24) is 0 Å². The van der Waals surface area contributed by atoms with Gasteiger partial charge in [0.15, 0.2) is 0 Å². The molecule has 1 aromatic carbocycles. The van der Waals surface area contributed by atoms with Gasteiger partial charge in [-0.25, -0.2) is 0 Å². The molecule has 2 heteroatoms. The van der Waals surface area contributed by atoms with Crippen LogP contribution >= 0.6 is 0 Å². The van der Waals surface area contributed by atoms with E-state index in [-0.39, 0.29) is 5.60 Å². The van der Waals surface area contributed by atoms with Gasteiger partial charge >= 0.3 is 0 Å². The normalized spacial score (nSPS) is 11.6. The molecular weight excluding hydrogens is 200 g/mol. The largest absolute Gasteiger partial charge is 0.508 e. The van der Waals surface area contributed by atoms with Gasteiger partial charge in [-0.3, -0.25) is 0 Å². The molecule has 0 atom stereocenters. The lowest BCUT2D eigenvalue weighted by molar-refractivity contribution is 0.128. The van der Waals surface area contributed by atoms with Gasteiger partial charge in [-0.2, -0.15) is 0 Å². The molecule has 0 fully saturated rings. The highest BCUT2D eigenvalue weighted by Gasteiger charge is 2.18. The number of hydrogen-bond acceptors (Lipinski definition) is 2. The van der Waals surface area contributed by atoms with Crippen LogP contribution in [0, 0.1) is 13.8 Å². The van der Waals surface area contributed by atoms with Crippen LogP contribution in [0.4, 0.5) is 0 Å². The molecule has 0 aliphatic rings. The van der Waals surface area contributed by atoms with Crippen LogP contribution in [-0.4, -0.2) is 10.7 Å². The Kier molecular flexibility index (Phi) is 3.51. The Labute approximate surface area is 98.3 Å².